The minimum atomic E-state index is -4.11. The van der Waals surface area contributed by atoms with Gasteiger partial charge in [0.15, 0.2) is 10.1 Å². The van der Waals surface area contributed by atoms with Gasteiger partial charge in [-0.15, -0.1) is 5.26 Å². The number of carbonyl (C=O) groups excluding carboxylic acids is 1. The van der Waals surface area contributed by atoms with Crippen LogP contribution in [-0.4, -0.2) is 80.4 Å². The Labute approximate surface area is 366 Å². The number of hydrogen-bond donors (Lipinski definition) is 3. The van der Waals surface area contributed by atoms with Crippen molar-refractivity contribution < 1.29 is 26.4 Å². The molecule has 0 fully saturated rings. The third-order valence-corrected chi connectivity index (χ3v) is 15.3. The van der Waals surface area contributed by atoms with Gasteiger partial charge in [0.1, 0.15) is 5.75 Å². The van der Waals surface area contributed by atoms with Gasteiger partial charge in [0.2, 0.25) is 0 Å². The number of sulfonamides is 2. The molecule has 2 amide bonds. The first-order valence-corrected chi connectivity index (χ1v) is 24.2. The van der Waals surface area contributed by atoms with Crippen molar-refractivity contribution in [2.45, 2.75) is 126 Å². The van der Waals surface area contributed by atoms with Crippen molar-refractivity contribution in [1.82, 2.24) is 34.1 Å². The molecule has 0 spiro atoms. The van der Waals surface area contributed by atoms with Crippen molar-refractivity contribution in [1.29, 1.82) is 5.26 Å². The van der Waals surface area contributed by atoms with Gasteiger partial charge in [0.05, 0.1) is 22.5 Å². The van der Waals surface area contributed by atoms with Crippen molar-refractivity contribution in [3.05, 3.63) is 80.2 Å². The quantitative estimate of drug-likeness (QED) is 0.189. The average molecular weight is 891 g/mol. The first-order chi connectivity index (χ1) is 29.0. The number of anilines is 1. The fourth-order valence-electron chi connectivity index (χ4n) is 8.97. The number of ether oxygens (including phenoxy) is 1. The topological polar surface area (TPSA) is 211 Å². The zero-order valence-corrected chi connectivity index (χ0v) is 39.4. The molecule has 2 aromatic heterocycles. The maximum absolute atomic E-state index is 12.9. The summed E-state index contributed by atoms with van der Waals surface area (Å²) in [7, 11) is 3.24. The predicted molar refractivity (Wildman–Crippen MR) is 238 cm³/mol. The summed E-state index contributed by atoms with van der Waals surface area (Å²) in [6.45, 7) is 7.93. The highest BCUT2D eigenvalue weighted by molar-refractivity contribution is 7.90. The standard InChI is InChI=1S/C22H31N5O3S.C13H13NO.C9H18N4O2S/c1-22(2,26(3)4)18-13-19(24-27(18)5)31(29,30)25-21(28)23-20-16-10-6-8-14(16)12-15-9-7-11-17(15)20;14-8-15-13-11-5-1-3-9(11)7-10-4-2-6-12(10)13;1-9(2,12(3)4)7-6-8(11-13(7)5)16(10,14)15/h12-13H,6-11H2,1-5H3,(H2,23,25,28);7H,1-6H2;6H,1-5H3,(H2,10,14,15). The minimum absolute atomic E-state index is 0.0973. The Morgan fingerprint density at radius 1 is 0.694 bits per heavy atom. The number of hydrogen-bond acceptors (Lipinski definition) is 11. The fraction of sp³-hybridized carbons (Fsp3) is 0.545. The molecule has 0 aliphatic heterocycles. The second kappa shape index (κ2) is 17.8. The smallest absolute Gasteiger partial charge is 0.333 e. The van der Waals surface area contributed by atoms with Gasteiger partial charge in [0, 0.05) is 31.9 Å². The summed E-state index contributed by atoms with van der Waals surface area (Å²) >= 11 is 0. The monoisotopic (exact) mass is 890 g/mol. The number of amides is 2. The lowest BCUT2D eigenvalue weighted by Crippen LogP contribution is -2.37. The van der Waals surface area contributed by atoms with E-state index in [9.17, 15) is 21.6 Å². The van der Waals surface area contributed by atoms with Crippen LogP contribution in [0, 0.1) is 11.5 Å². The molecule has 4 aliphatic carbocycles. The van der Waals surface area contributed by atoms with E-state index in [1.54, 1.807) is 23.5 Å². The number of nitriles is 1. The van der Waals surface area contributed by atoms with Crippen LogP contribution in [0.1, 0.15) is 109 Å². The number of aryl methyl sites for hydroxylation is 6. The van der Waals surface area contributed by atoms with Crippen molar-refractivity contribution in [3.63, 3.8) is 0 Å². The van der Waals surface area contributed by atoms with Crippen LogP contribution in [0.2, 0.25) is 0 Å². The zero-order chi connectivity index (χ0) is 45.5. The van der Waals surface area contributed by atoms with E-state index in [4.69, 9.17) is 15.1 Å². The summed E-state index contributed by atoms with van der Waals surface area (Å²) < 4.78 is 58.6. The number of aromatic nitrogens is 4. The number of nitrogens with one attached hydrogen (secondary N) is 2. The SMILES string of the molecule is CN(C)C(C)(C)c1cc(S(=O)(=O)NC(=O)Nc2c3c(cc4c2CCC4)CCC3)nn1C.CN(C)C(C)(C)c1cc(S(N)(=O)=O)nn1C.N#COc1c2c(cc3c1CCC3)CCC2. The van der Waals surface area contributed by atoms with Crippen LogP contribution in [-0.2, 0) is 96.6 Å². The first-order valence-electron chi connectivity index (χ1n) is 21.2. The number of nitrogens with zero attached hydrogens (tertiary/aromatic N) is 7. The Hall–Kier alpha value is -4.80. The predicted octanol–water partition coefficient (Wildman–Crippen LogP) is 5.09. The second-order valence-corrected chi connectivity index (χ2v) is 21.2. The Morgan fingerprint density at radius 2 is 1.08 bits per heavy atom. The van der Waals surface area contributed by atoms with Gasteiger partial charge < -0.3 is 10.1 Å². The lowest BCUT2D eigenvalue weighted by atomic mass is 9.99. The molecule has 0 unspecified atom stereocenters. The molecule has 0 radical (unpaired) electrons. The minimum Gasteiger partial charge on any atom is -0.387 e. The molecule has 0 atom stereocenters. The molecular weight excluding hydrogens is 829 g/mol. The normalized spacial score (nSPS) is 15.5. The molecule has 16 nitrogen and oxygen atoms in total. The van der Waals surface area contributed by atoms with E-state index in [0.717, 1.165) is 98.2 Å². The summed E-state index contributed by atoms with van der Waals surface area (Å²) in [5.74, 6) is 0.903. The molecule has 0 saturated heterocycles. The number of carbonyl (C=O) groups is 1. The maximum Gasteiger partial charge on any atom is 0.333 e. The molecule has 336 valence electrons. The second-order valence-electron chi connectivity index (χ2n) is 18.1. The molecule has 2 aromatic carbocycles. The maximum atomic E-state index is 12.9. The number of rotatable bonds is 9. The van der Waals surface area contributed by atoms with Crippen LogP contribution in [0.4, 0.5) is 10.5 Å². The molecule has 2 heterocycles. The van der Waals surface area contributed by atoms with Crippen LogP contribution < -0.4 is 19.9 Å². The summed E-state index contributed by atoms with van der Waals surface area (Å²) in [6, 6.07) is 6.90. The third kappa shape index (κ3) is 9.42. The molecule has 0 bridgehead atoms. The van der Waals surface area contributed by atoms with E-state index in [-0.39, 0.29) is 15.6 Å². The van der Waals surface area contributed by atoms with Crippen LogP contribution in [0.25, 0.3) is 0 Å². The van der Waals surface area contributed by atoms with Gasteiger partial charge in [0.25, 0.3) is 26.3 Å². The van der Waals surface area contributed by atoms with E-state index in [0.29, 0.717) is 0 Å². The van der Waals surface area contributed by atoms with Crippen LogP contribution in [0.3, 0.4) is 0 Å². The van der Waals surface area contributed by atoms with Crippen molar-refractivity contribution in [2.75, 3.05) is 33.5 Å². The zero-order valence-electron chi connectivity index (χ0n) is 37.8. The van der Waals surface area contributed by atoms with Crippen LogP contribution in [0.5, 0.6) is 5.75 Å². The summed E-state index contributed by atoms with van der Waals surface area (Å²) in [6.07, 6.45) is 14.7. The number of benzene rings is 2. The summed E-state index contributed by atoms with van der Waals surface area (Å²) in [4.78, 5) is 16.7. The van der Waals surface area contributed by atoms with Gasteiger partial charge in [-0.2, -0.15) is 18.6 Å². The Morgan fingerprint density at radius 3 is 1.47 bits per heavy atom. The first kappa shape index (κ1) is 46.7. The third-order valence-electron chi connectivity index (χ3n) is 13.3. The van der Waals surface area contributed by atoms with E-state index >= 15 is 0 Å². The number of fused-ring (bicyclic) bond motifs is 4. The van der Waals surface area contributed by atoms with Gasteiger partial charge >= 0.3 is 6.03 Å². The van der Waals surface area contributed by atoms with Gasteiger partial charge in [-0.1, -0.05) is 12.1 Å². The van der Waals surface area contributed by atoms with Gasteiger partial charge in [-0.05, 0) is 177 Å². The Bertz CT molecular complexity index is 2570. The highest BCUT2D eigenvalue weighted by Gasteiger charge is 2.33. The molecule has 4 aliphatic rings. The largest absolute Gasteiger partial charge is 0.387 e. The molecular formula is C44H62N10O6S2. The van der Waals surface area contributed by atoms with Crippen molar-refractivity contribution in [3.8, 4) is 12.0 Å². The van der Waals surface area contributed by atoms with E-state index < -0.39 is 31.6 Å². The number of nitrogens with two attached hydrogens (primary N) is 1. The molecule has 8 rings (SSSR count). The van der Waals surface area contributed by atoms with Crippen LogP contribution in [0.15, 0.2) is 34.3 Å². The Balaban J connectivity index is 0.000000173. The fourth-order valence-corrected chi connectivity index (χ4v) is 10.4. The van der Waals surface area contributed by atoms with Crippen molar-refractivity contribution >= 4 is 31.8 Å². The molecule has 4 aromatic rings. The number of urea groups is 1. The van der Waals surface area contributed by atoms with E-state index in [2.05, 4.69) is 32.4 Å². The lowest BCUT2D eigenvalue weighted by molar-refractivity contribution is 0.185. The summed E-state index contributed by atoms with van der Waals surface area (Å²) in [5.41, 5.74) is 11.9. The highest BCUT2D eigenvalue weighted by atomic mass is 32.2. The number of primary sulfonamides is 1. The average Bonchev–Trinajstić information content (AvgIpc) is 4.03. The lowest BCUT2D eigenvalue weighted by Gasteiger charge is -2.32. The molecule has 0 saturated carbocycles. The van der Waals surface area contributed by atoms with E-state index in [1.165, 1.54) is 58.4 Å². The molecule has 62 heavy (non-hydrogen) atoms. The van der Waals surface area contributed by atoms with Crippen molar-refractivity contribution in [2.24, 2.45) is 19.2 Å². The molecule has 4 N–H and O–H groups in total. The Kier molecular flexibility index (Phi) is 13.4. The highest BCUT2D eigenvalue weighted by Crippen LogP contribution is 2.41. The van der Waals surface area contributed by atoms with E-state index in [1.807, 2.05) is 71.9 Å². The molecule has 18 heteroatoms. The van der Waals surface area contributed by atoms with Crippen LogP contribution >= 0.6 is 0 Å². The van der Waals surface area contributed by atoms with Gasteiger partial charge in [-0.25, -0.2) is 23.1 Å². The summed E-state index contributed by atoms with van der Waals surface area (Å²) in [5, 5.41) is 24.4. The van der Waals surface area contributed by atoms with Gasteiger partial charge in [-0.3, -0.25) is 19.2 Å².